The Morgan fingerprint density at radius 2 is 0.927 bits per heavy atom. The maximum atomic E-state index is 6.90. The molecule has 0 saturated heterocycles. The van der Waals surface area contributed by atoms with E-state index in [-0.39, 0.29) is 0 Å². The monoisotopic (exact) mass is 700 g/mol. The van der Waals surface area contributed by atoms with Crippen molar-refractivity contribution in [3.05, 3.63) is 140 Å². The van der Waals surface area contributed by atoms with Crippen LogP contribution in [0.15, 0.2) is 144 Å². The third-order valence-corrected chi connectivity index (χ3v) is 11.6. The molecule has 55 heavy (non-hydrogen) atoms. The lowest BCUT2D eigenvalue weighted by Crippen LogP contribution is -2.55. The maximum Gasteiger partial charge on any atom is 0.164 e. The van der Waals surface area contributed by atoms with Crippen LogP contribution in [0.5, 0.6) is 0 Å². The van der Waals surface area contributed by atoms with Gasteiger partial charge in [-0.15, -0.1) is 16.4 Å². The largest absolute Gasteiger partial charge is 0.454 e. The number of benzene rings is 7. The van der Waals surface area contributed by atoms with Gasteiger partial charge in [-0.2, -0.15) is 0 Å². The van der Waals surface area contributed by atoms with Gasteiger partial charge < -0.3 is 8.98 Å². The summed E-state index contributed by atoms with van der Waals surface area (Å²) in [5.74, 6) is 1.85. The van der Waals surface area contributed by atoms with Crippen molar-refractivity contribution in [3.63, 3.8) is 0 Å². The summed E-state index contributed by atoms with van der Waals surface area (Å²) in [5.41, 5.74) is 16.9. The van der Waals surface area contributed by atoms with Crippen molar-refractivity contribution in [3.8, 4) is 51.0 Å². The molecule has 0 fully saturated rings. The number of hydrogen-bond acceptors (Lipinski definition) is 4. The van der Waals surface area contributed by atoms with Crippen LogP contribution in [0.3, 0.4) is 0 Å². The summed E-state index contributed by atoms with van der Waals surface area (Å²) < 4.78 is 9.28. The van der Waals surface area contributed by atoms with E-state index in [0.29, 0.717) is 17.5 Å². The van der Waals surface area contributed by atoms with E-state index in [9.17, 15) is 0 Å². The zero-order valence-electron chi connectivity index (χ0n) is 31.5. The van der Waals surface area contributed by atoms with Crippen molar-refractivity contribution in [1.29, 1.82) is 0 Å². The Morgan fingerprint density at radius 3 is 1.60 bits per heavy atom. The van der Waals surface area contributed by atoms with Crippen LogP contribution in [0.1, 0.15) is 0 Å². The Labute approximate surface area is 323 Å². The van der Waals surface area contributed by atoms with E-state index in [1.165, 1.54) is 49.2 Å². The van der Waals surface area contributed by atoms with Gasteiger partial charge in [0.05, 0.1) is 16.7 Å². The molecule has 7 aromatic carbocycles. The molecule has 0 atom stereocenters. The molecule has 10 heteroatoms. The highest BCUT2D eigenvalue weighted by molar-refractivity contribution is 6.68. The van der Waals surface area contributed by atoms with Gasteiger partial charge in [0.15, 0.2) is 23.1 Å². The van der Waals surface area contributed by atoms with E-state index in [1.54, 1.807) is 0 Å². The van der Waals surface area contributed by atoms with Gasteiger partial charge in [0.1, 0.15) is 44.8 Å². The molecule has 0 spiro atoms. The third-order valence-electron chi connectivity index (χ3n) is 11.6. The summed E-state index contributed by atoms with van der Waals surface area (Å²) in [5, 5.41) is 4.52. The second-order valence-corrected chi connectivity index (χ2v) is 14.6. The summed E-state index contributed by atoms with van der Waals surface area (Å²) in [6, 6.07) is 48.5. The smallest absolute Gasteiger partial charge is 0.164 e. The van der Waals surface area contributed by atoms with Crippen molar-refractivity contribution < 1.29 is 4.42 Å². The van der Waals surface area contributed by atoms with Gasteiger partial charge in [0, 0.05) is 38.2 Å². The molecule has 5 nitrogen and oxygen atoms in total. The van der Waals surface area contributed by atoms with Crippen LogP contribution in [0.4, 0.5) is 0 Å². The Bertz CT molecular complexity index is 3070. The quantitative estimate of drug-likeness (QED) is 0.260. The molecule has 0 aliphatic carbocycles. The summed E-state index contributed by atoms with van der Waals surface area (Å²) in [6.07, 6.45) is 0. The Balaban J connectivity index is 1.17. The van der Waals surface area contributed by atoms with Gasteiger partial charge in [-0.25, -0.2) is 15.0 Å². The van der Waals surface area contributed by atoms with Crippen LogP contribution in [-0.2, 0) is 0 Å². The summed E-state index contributed by atoms with van der Waals surface area (Å²) in [4.78, 5) is 14.8. The lowest BCUT2D eigenvalue weighted by atomic mass is 9.59. The molecule has 10 aromatic rings. The maximum absolute atomic E-state index is 6.90. The minimum Gasteiger partial charge on any atom is -0.454 e. The van der Waals surface area contributed by atoms with E-state index in [0.717, 1.165) is 55.3 Å². The van der Waals surface area contributed by atoms with Gasteiger partial charge in [-0.3, -0.25) is 0 Å². The van der Waals surface area contributed by atoms with Crippen LogP contribution in [0.25, 0.3) is 94.7 Å². The number of furan rings is 1. The van der Waals surface area contributed by atoms with Gasteiger partial charge in [-0.05, 0) is 41.5 Å². The predicted octanol–water partition coefficient (Wildman–Crippen LogP) is 2.83. The SMILES string of the molecule is Bc1c(B)c(B)c(-c2ccc3c4ccccc4n(-c4cccc5c4oc4cc(-c6nc(-c7ccccc7)nc(-c7ccccc7)n6)ccc45)c3c2)c(B)c1B. The molecule has 10 rings (SSSR count). The molecule has 3 aromatic heterocycles. The highest BCUT2D eigenvalue weighted by Gasteiger charge is 2.21. The summed E-state index contributed by atoms with van der Waals surface area (Å²) >= 11 is 0. The fourth-order valence-corrected chi connectivity index (χ4v) is 8.35. The lowest BCUT2D eigenvalue weighted by Gasteiger charge is -2.20. The third kappa shape index (κ3) is 5.27. The molecule has 0 amide bonds. The number of aromatic nitrogens is 4. The minimum atomic E-state index is 0.595. The number of para-hydroxylation sites is 2. The number of hydrogen-bond donors (Lipinski definition) is 0. The van der Waals surface area contributed by atoms with Crippen LogP contribution < -0.4 is 27.3 Å². The Kier molecular flexibility index (Phi) is 7.70. The van der Waals surface area contributed by atoms with Crippen molar-refractivity contribution >= 4 is 110 Å². The highest BCUT2D eigenvalue weighted by Crippen LogP contribution is 2.40. The van der Waals surface area contributed by atoms with Gasteiger partial charge in [-0.1, -0.05) is 120 Å². The fraction of sp³-hybridized carbons (Fsp3) is 0. The van der Waals surface area contributed by atoms with Crippen molar-refractivity contribution in [2.24, 2.45) is 0 Å². The second-order valence-electron chi connectivity index (χ2n) is 14.6. The normalized spacial score (nSPS) is 11.6. The zero-order chi connectivity index (χ0) is 37.4. The Hall–Kier alpha value is -6.53. The van der Waals surface area contributed by atoms with Crippen LogP contribution in [-0.4, -0.2) is 58.8 Å². The molecule has 0 aliphatic rings. The first-order valence-electron chi connectivity index (χ1n) is 18.8. The molecule has 254 valence electrons. The average Bonchev–Trinajstić information content (AvgIpc) is 3.78. The molecular weight excluding hydrogens is 667 g/mol. The Morgan fingerprint density at radius 1 is 0.400 bits per heavy atom. The van der Waals surface area contributed by atoms with E-state index in [2.05, 4.69) is 123 Å². The predicted molar refractivity (Wildman–Crippen MR) is 244 cm³/mol. The highest BCUT2D eigenvalue weighted by atomic mass is 16.3. The molecule has 0 saturated carbocycles. The summed E-state index contributed by atoms with van der Waals surface area (Å²) in [6.45, 7) is 0. The van der Waals surface area contributed by atoms with Crippen LogP contribution >= 0.6 is 0 Å². The molecule has 0 aliphatic heterocycles. The van der Waals surface area contributed by atoms with Crippen LogP contribution in [0.2, 0.25) is 0 Å². The van der Waals surface area contributed by atoms with Crippen molar-refractivity contribution in [2.75, 3.05) is 0 Å². The molecule has 0 bridgehead atoms. The standard InChI is InChI=1S/C45H33B5N4O/c46-37-36(38(47)40(49)41(50)39(37)48)26-18-20-29-28-14-7-8-16-32(28)54(34(29)22-26)33-17-9-15-31-30-21-19-27(23-35(30)55-42(31)33)45-52-43(24-10-3-1-4-11-24)51-44(53-45)25-12-5-2-6-13-25/h1-23H,46-50H2. The van der Waals surface area contributed by atoms with Crippen LogP contribution in [0, 0.1) is 0 Å². The molecule has 0 radical (unpaired) electrons. The van der Waals surface area contributed by atoms with Gasteiger partial charge >= 0.3 is 0 Å². The topological polar surface area (TPSA) is 56.7 Å². The van der Waals surface area contributed by atoms with E-state index in [4.69, 9.17) is 19.4 Å². The zero-order valence-corrected chi connectivity index (χ0v) is 31.5. The lowest BCUT2D eigenvalue weighted by molar-refractivity contribution is 0.666. The number of fused-ring (bicyclic) bond motifs is 6. The number of rotatable bonds is 5. The first-order valence-corrected chi connectivity index (χ1v) is 18.8. The molecule has 0 unspecified atom stereocenters. The molecule has 3 heterocycles. The van der Waals surface area contributed by atoms with Crippen molar-refractivity contribution in [2.45, 2.75) is 0 Å². The second kappa shape index (κ2) is 12.8. The summed E-state index contributed by atoms with van der Waals surface area (Å²) in [7, 11) is 11.2. The molecule has 0 N–H and O–H groups in total. The average molecular weight is 700 g/mol. The minimum absolute atomic E-state index is 0.595. The fourth-order valence-electron chi connectivity index (χ4n) is 8.35. The van der Waals surface area contributed by atoms with E-state index >= 15 is 0 Å². The van der Waals surface area contributed by atoms with Crippen molar-refractivity contribution in [1.82, 2.24) is 19.5 Å². The van der Waals surface area contributed by atoms with Gasteiger partial charge in [0.2, 0.25) is 0 Å². The first kappa shape index (κ1) is 33.1. The van der Waals surface area contributed by atoms with E-state index < -0.39 is 0 Å². The molecular formula is C45H33B5N4O. The van der Waals surface area contributed by atoms with Gasteiger partial charge in [0.25, 0.3) is 0 Å². The van der Waals surface area contributed by atoms with E-state index in [1.807, 2.05) is 60.7 Å². The first-order chi connectivity index (χ1) is 26.9. The number of nitrogens with zero attached hydrogens (tertiary/aromatic N) is 4.